The topological polar surface area (TPSA) is 54.0 Å². The second-order valence-electron chi connectivity index (χ2n) is 7.02. The first-order valence-electron chi connectivity index (χ1n) is 8.37. The van der Waals surface area contributed by atoms with Gasteiger partial charge in [0.2, 0.25) is 5.91 Å². The van der Waals surface area contributed by atoms with Gasteiger partial charge < -0.3 is 10.6 Å². The van der Waals surface area contributed by atoms with Gasteiger partial charge in [-0.05, 0) is 24.6 Å². The molecule has 0 bridgehead atoms. The van der Waals surface area contributed by atoms with Crippen LogP contribution >= 0.6 is 11.3 Å². The molecule has 5 heteroatoms. The molecule has 0 saturated carbocycles. The van der Waals surface area contributed by atoms with Crippen LogP contribution in [0.1, 0.15) is 63.3 Å². The molecule has 2 aromatic rings. The maximum atomic E-state index is 11.4. The predicted octanol–water partition coefficient (Wildman–Crippen LogP) is 4.64. The normalized spacial score (nSPS) is 12.9. The van der Waals surface area contributed by atoms with E-state index in [1.54, 1.807) is 11.3 Å². The summed E-state index contributed by atoms with van der Waals surface area (Å²) in [4.78, 5) is 16.1. The number of thiazole rings is 1. The Kier molecular flexibility index (Phi) is 6.13. The summed E-state index contributed by atoms with van der Waals surface area (Å²) in [6, 6.07) is 8.21. The first kappa shape index (κ1) is 18.6. The van der Waals surface area contributed by atoms with Crippen LogP contribution in [0, 0.1) is 0 Å². The number of rotatable bonds is 6. The number of nitrogens with zero attached hydrogens (tertiary/aromatic N) is 1. The minimum atomic E-state index is 0.0344. The van der Waals surface area contributed by atoms with Crippen molar-refractivity contribution in [3.8, 4) is 0 Å². The highest BCUT2D eigenvalue weighted by molar-refractivity contribution is 7.09. The van der Waals surface area contributed by atoms with E-state index in [0.717, 1.165) is 17.9 Å². The lowest BCUT2D eigenvalue weighted by Gasteiger charge is -2.15. The monoisotopic (exact) mass is 345 g/mol. The van der Waals surface area contributed by atoms with E-state index < -0.39 is 0 Å². The van der Waals surface area contributed by atoms with Crippen LogP contribution in [0.2, 0.25) is 0 Å². The van der Waals surface area contributed by atoms with E-state index in [4.69, 9.17) is 4.98 Å². The van der Waals surface area contributed by atoms with Gasteiger partial charge in [-0.3, -0.25) is 4.79 Å². The quantitative estimate of drug-likeness (QED) is 0.802. The van der Waals surface area contributed by atoms with Crippen LogP contribution in [-0.4, -0.2) is 10.9 Å². The zero-order valence-electron chi connectivity index (χ0n) is 15.1. The summed E-state index contributed by atoms with van der Waals surface area (Å²) in [6.45, 7) is 11.3. The molecule has 1 aromatic carbocycles. The summed E-state index contributed by atoms with van der Waals surface area (Å²) in [5.41, 5.74) is 3.22. The third-order valence-corrected chi connectivity index (χ3v) is 5.12. The predicted molar refractivity (Wildman–Crippen MR) is 101 cm³/mol. The van der Waals surface area contributed by atoms with Crippen molar-refractivity contribution < 1.29 is 4.79 Å². The molecule has 2 N–H and O–H groups in total. The minimum Gasteiger partial charge on any atom is -0.326 e. The molecule has 1 aromatic heterocycles. The Labute approximate surface area is 148 Å². The Morgan fingerprint density at radius 1 is 1.25 bits per heavy atom. The fourth-order valence-electron chi connectivity index (χ4n) is 2.21. The maximum Gasteiger partial charge on any atom is 0.224 e. The van der Waals surface area contributed by atoms with Crippen LogP contribution < -0.4 is 10.6 Å². The number of anilines is 1. The molecule has 0 aliphatic carbocycles. The standard InChI is InChI=1S/C19H27N3OS/c1-6-17(23)21-15-9-7-14(8-10-15)13(2)20-11-16-12-24-18(22-16)19(3,4)5/h7-10,12-13,20H,6,11H2,1-5H3,(H,21,23)/t13-/m0/s1. The van der Waals surface area contributed by atoms with Gasteiger partial charge in [0.25, 0.3) is 0 Å². The van der Waals surface area contributed by atoms with Crippen LogP contribution in [0.15, 0.2) is 29.6 Å². The SMILES string of the molecule is CCC(=O)Nc1ccc([C@H](C)NCc2csc(C(C)(C)C)n2)cc1. The number of carbonyl (C=O) groups is 1. The summed E-state index contributed by atoms with van der Waals surface area (Å²) in [5.74, 6) is 0.0344. The fourth-order valence-corrected chi connectivity index (χ4v) is 3.12. The molecule has 24 heavy (non-hydrogen) atoms. The van der Waals surface area contributed by atoms with Gasteiger partial charge in [0, 0.05) is 35.5 Å². The van der Waals surface area contributed by atoms with Crippen molar-refractivity contribution in [2.24, 2.45) is 0 Å². The molecule has 0 radical (unpaired) electrons. The molecule has 0 aliphatic heterocycles. The summed E-state index contributed by atoms with van der Waals surface area (Å²) in [5, 5.41) is 9.67. The van der Waals surface area contributed by atoms with Gasteiger partial charge >= 0.3 is 0 Å². The van der Waals surface area contributed by atoms with E-state index in [-0.39, 0.29) is 17.4 Å². The van der Waals surface area contributed by atoms with Gasteiger partial charge in [-0.15, -0.1) is 11.3 Å². The number of benzene rings is 1. The Balaban J connectivity index is 1.91. The van der Waals surface area contributed by atoms with Gasteiger partial charge in [-0.1, -0.05) is 39.8 Å². The Morgan fingerprint density at radius 3 is 2.46 bits per heavy atom. The average Bonchev–Trinajstić information content (AvgIpc) is 3.02. The highest BCUT2D eigenvalue weighted by Gasteiger charge is 2.18. The molecule has 1 heterocycles. The van der Waals surface area contributed by atoms with E-state index in [1.165, 1.54) is 10.6 Å². The van der Waals surface area contributed by atoms with Gasteiger partial charge in [0.1, 0.15) is 0 Å². The largest absolute Gasteiger partial charge is 0.326 e. The van der Waals surface area contributed by atoms with Gasteiger partial charge in [-0.25, -0.2) is 4.98 Å². The maximum absolute atomic E-state index is 11.4. The van der Waals surface area contributed by atoms with E-state index in [2.05, 4.69) is 43.7 Å². The van der Waals surface area contributed by atoms with E-state index in [0.29, 0.717) is 6.42 Å². The van der Waals surface area contributed by atoms with Crippen molar-refractivity contribution in [3.63, 3.8) is 0 Å². The van der Waals surface area contributed by atoms with Crippen LogP contribution in [0.25, 0.3) is 0 Å². The van der Waals surface area contributed by atoms with Gasteiger partial charge in [0.05, 0.1) is 10.7 Å². The highest BCUT2D eigenvalue weighted by atomic mass is 32.1. The number of carbonyl (C=O) groups excluding carboxylic acids is 1. The second-order valence-corrected chi connectivity index (χ2v) is 7.88. The van der Waals surface area contributed by atoms with Gasteiger partial charge in [0.15, 0.2) is 0 Å². The zero-order chi connectivity index (χ0) is 17.7. The van der Waals surface area contributed by atoms with E-state index >= 15 is 0 Å². The Morgan fingerprint density at radius 2 is 1.92 bits per heavy atom. The van der Waals surface area contributed by atoms with Crippen LogP contribution in [-0.2, 0) is 16.8 Å². The lowest BCUT2D eigenvalue weighted by molar-refractivity contribution is -0.115. The molecule has 130 valence electrons. The molecule has 0 fully saturated rings. The lowest BCUT2D eigenvalue weighted by atomic mass is 9.98. The first-order chi connectivity index (χ1) is 11.3. The number of hydrogen-bond donors (Lipinski definition) is 2. The van der Waals surface area contributed by atoms with Crippen molar-refractivity contribution in [3.05, 3.63) is 45.9 Å². The molecule has 0 spiro atoms. The second kappa shape index (κ2) is 7.90. The lowest BCUT2D eigenvalue weighted by Crippen LogP contribution is -2.19. The number of nitrogens with one attached hydrogen (secondary N) is 2. The molecule has 0 aliphatic rings. The Bertz CT molecular complexity index is 671. The fraction of sp³-hybridized carbons (Fsp3) is 0.474. The molecule has 0 unspecified atom stereocenters. The van der Waals surface area contributed by atoms with E-state index in [1.807, 2.05) is 31.2 Å². The first-order valence-corrected chi connectivity index (χ1v) is 9.25. The van der Waals surface area contributed by atoms with Crippen molar-refractivity contribution in [1.82, 2.24) is 10.3 Å². The average molecular weight is 346 g/mol. The summed E-state index contributed by atoms with van der Waals surface area (Å²) >= 11 is 1.72. The molecular weight excluding hydrogens is 318 g/mol. The summed E-state index contributed by atoms with van der Waals surface area (Å²) < 4.78 is 0. The zero-order valence-corrected chi connectivity index (χ0v) is 16.0. The third-order valence-electron chi connectivity index (χ3n) is 3.80. The molecule has 2 rings (SSSR count). The highest BCUT2D eigenvalue weighted by Crippen LogP contribution is 2.25. The number of hydrogen-bond acceptors (Lipinski definition) is 4. The molecule has 4 nitrogen and oxygen atoms in total. The van der Waals surface area contributed by atoms with Crippen molar-refractivity contribution in [2.45, 2.75) is 59.0 Å². The molecule has 1 amide bonds. The summed E-state index contributed by atoms with van der Waals surface area (Å²) in [6.07, 6.45) is 0.490. The third kappa shape index (κ3) is 5.14. The molecule has 0 saturated heterocycles. The Hall–Kier alpha value is -1.72. The van der Waals surface area contributed by atoms with E-state index in [9.17, 15) is 4.79 Å². The van der Waals surface area contributed by atoms with Crippen molar-refractivity contribution in [2.75, 3.05) is 5.32 Å². The number of aromatic nitrogens is 1. The van der Waals surface area contributed by atoms with Crippen LogP contribution in [0.3, 0.4) is 0 Å². The molecule has 1 atom stereocenters. The molecular formula is C19H27N3OS. The minimum absolute atomic E-state index is 0.0344. The van der Waals surface area contributed by atoms with Crippen molar-refractivity contribution >= 4 is 22.9 Å². The van der Waals surface area contributed by atoms with Crippen LogP contribution in [0.5, 0.6) is 0 Å². The smallest absolute Gasteiger partial charge is 0.224 e. The van der Waals surface area contributed by atoms with Crippen molar-refractivity contribution in [1.29, 1.82) is 0 Å². The number of amides is 1. The summed E-state index contributed by atoms with van der Waals surface area (Å²) in [7, 11) is 0. The van der Waals surface area contributed by atoms with Gasteiger partial charge in [-0.2, -0.15) is 0 Å². The van der Waals surface area contributed by atoms with Crippen LogP contribution in [0.4, 0.5) is 5.69 Å².